The van der Waals surface area contributed by atoms with Gasteiger partial charge in [-0.1, -0.05) is 22.9 Å². The Bertz CT molecular complexity index is 793. The predicted molar refractivity (Wildman–Crippen MR) is 84.6 cm³/mol. The van der Waals surface area contributed by atoms with Gasteiger partial charge in [-0.15, -0.1) is 0 Å². The quantitative estimate of drug-likeness (QED) is 0.691. The third-order valence-corrected chi connectivity index (χ3v) is 4.03. The average molecular weight is 303 g/mol. The Morgan fingerprint density at radius 1 is 1.20 bits per heavy atom. The van der Waals surface area contributed by atoms with Gasteiger partial charge in [0.05, 0.1) is 10.2 Å². The zero-order valence-electron chi connectivity index (χ0n) is 10.7. The van der Waals surface area contributed by atoms with E-state index in [-0.39, 0.29) is 5.75 Å². The van der Waals surface area contributed by atoms with E-state index in [1.54, 1.807) is 12.1 Å². The lowest BCUT2D eigenvalue weighted by Gasteiger charge is -1.99. The monoisotopic (exact) mass is 302 g/mol. The number of aromatic nitrogens is 1. The number of thiazole rings is 1. The lowest BCUT2D eigenvalue weighted by molar-refractivity contribution is 0.475. The van der Waals surface area contributed by atoms with E-state index in [2.05, 4.69) is 9.98 Å². The Balaban J connectivity index is 1.98. The molecule has 3 rings (SSSR count). The molecule has 2 aromatic carbocycles. The van der Waals surface area contributed by atoms with Gasteiger partial charge in [-0.2, -0.15) is 0 Å². The second-order valence-corrected chi connectivity index (χ2v) is 5.80. The minimum absolute atomic E-state index is 0.246. The highest BCUT2D eigenvalue weighted by Crippen LogP contribution is 2.30. The molecule has 0 saturated carbocycles. The van der Waals surface area contributed by atoms with Crippen LogP contribution in [0, 0.1) is 0 Å². The van der Waals surface area contributed by atoms with Gasteiger partial charge in [-0.05, 0) is 55.0 Å². The number of benzene rings is 2. The Hall–Kier alpha value is -1.91. The van der Waals surface area contributed by atoms with E-state index < -0.39 is 0 Å². The normalized spacial score (nSPS) is 12.0. The summed E-state index contributed by atoms with van der Waals surface area (Å²) in [6, 6.07) is 12.6. The van der Waals surface area contributed by atoms with Gasteiger partial charge in [-0.3, -0.25) is 0 Å². The number of hydrogen-bond donors (Lipinski definition) is 1. The molecule has 1 aromatic heterocycles. The molecular formula is C15H11ClN2OS. The maximum atomic E-state index is 9.29. The molecule has 0 atom stereocenters. The van der Waals surface area contributed by atoms with Crippen molar-refractivity contribution in [2.24, 2.45) is 4.99 Å². The molecule has 1 N–H and O–H groups in total. The molecule has 0 aliphatic rings. The maximum absolute atomic E-state index is 9.29. The first kappa shape index (κ1) is 13.1. The molecule has 0 amide bonds. The van der Waals surface area contributed by atoms with Gasteiger partial charge in [0.15, 0.2) is 0 Å². The van der Waals surface area contributed by atoms with E-state index in [9.17, 15) is 5.11 Å². The Labute approximate surface area is 125 Å². The number of hydrogen-bond acceptors (Lipinski definition) is 4. The Morgan fingerprint density at radius 2 is 1.95 bits per heavy atom. The van der Waals surface area contributed by atoms with Crippen molar-refractivity contribution in [3.8, 4) is 5.75 Å². The molecule has 0 spiro atoms. The molecule has 0 bridgehead atoms. The second kappa shape index (κ2) is 5.23. The summed E-state index contributed by atoms with van der Waals surface area (Å²) in [4.78, 5) is 8.99. The van der Waals surface area contributed by atoms with Crippen molar-refractivity contribution in [2.75, 3.05) is 0 Å². The largest absolute Gasteiger partial charge is 0.508 e. The highest BCUT2D eigenvalue weighted by molar-refractivity contribution is 7.22. The average Bonchev–Trinajstić information content (AvgIpc) is 2.80. The van der Waals surface area contributed by atoms with Crippen molar-refractivity contribution in [3.05, 3.63) is 53.1 Å². The molecule has 100 valence electrons. The van der Waals surface area contributed by atoms with Crippen LogP contribution < -0.4 is 0 Å². The fraction of sp³-hybridized carbons (Fsp3) is 0.0667. The molecular weight excluding hydrogens is 292 g/mol. The van der Waals surface area contributed by atoms with Crippen molar-refractivity contribution in [1.29, 1.82) is 0 Å². The van der Waals surface area contributed by atoms with Gasteiger partial charge >= 0.3 is 0 Å². The number of fused-ring (bicyclic) bond motifs is 1. The number of phenolic OH excluding ortho intramolecular Hbond substituents is 1. The number of phenols is 1. The summed E-state index contributed by atoms with van der Waals surface area (Å²) in [6.07, 6.45) is 0. The van der Waals surface area contributed by atoms with Crippen LogP contribution in [-0.2, 0) is 0 Å². The molecule has 1 heterocycles. The summed E-state index contributed by atoms with van der Waals surface area (Å²) < 4.78 is 1.02. The molecule has 3 nitrogen and oxygen atoms in total. The predicted octanol–water partition coefficient (Wildman–Crippen LogP) is 4.80. The van der Waals surface area contributed by atoms with Gasteiger partial charge < -0.3 is 5.11 Å². The van der Waals surface area contributed by atoms with Gasteiger partial charge in [0.2, 0.25) is 5.13 Å². The molecule has 0 aliphatic heterocycles. The van der Waals surface area contributed by atoms with E-state index in [1.807, 2.05) is 37.3 Å². The van der Waals surface area contributed by atoms with Gasteiger partial charge in [0.25, 0.3) is 0 Å². The first-order valence-electron chi connectivity index (χ1n) is 6.02. The fourth-order valence-electron chi connectivity index (χ4n) is 1.84. The van der Waals surface area contributed by atoms with Crippen LogP contribution in [0.4, 0.5) is 5.13 Å². The number of nitrogens with zero attached hydrogens (tertiary/aromatic N) is 2. The summed E-state index contributed by atoms with van der Waals surface area (Å²) in [7, 11) is 0. The summed E-state index contributed by atoms with van der Waals surface area (Å²) in [5.74, 6) is 0.246. The molecule has 0 unspecified atom stereocenters. The highest BCUT2D eigenvalue weighted by Gasteiger charge is 2.05. The van der Waals surface area contributed by atoms with E-state index in [0.717, 1.165) is 21.5 Å². The Kier molecular flexibility index (Phi) is 3.42. The summed E-state index contributed by atoms with van der Waals surface area (Å²) in [5, 5.41) is 10.7. The SMILES string of the molecule is C/C(=N\c1nc2ccc(Cl)cc2s1)c1ccc(O)cc1. The minimum atomic E-state index is 0.246. The van der Waals surface area contributed by atoms with Crippen LogP contribution in [0.1, 0.15) is 12.5 Å². The first-order valence-corrected chi connectivity index (χ1v) is 7.22. The van der Waals surface area contributed by atoms with Crippen molar-refractivity contribution in [2.45, 2.75) is 6.92 Å². The molecule has 0 fully saturated rings. The van der Waals surface area contributed by atoms with E-state index in [0.29, 0.717) is 10.2 Å². The van der Waals surface area contributed by atoms with Crippen LogP contribution in [0.2, 0.25) is 5.02 Å². The molecule has 0 saturated heterocycles. The van der Waals surface area contributed by atoms with Crippen LogP contribution in [0.5, 0.6) is 5.75 Å². The van der Waals surface area contributed by atoms with Crippen molar-refractivity contribution >= 4 is 44.0 Å². The van der Waals surface area contributed by atoms with Crippen LogP contribution in [0.3, 0.4) is 0 Å². The zero-order valence-corrected chi connectivity index (χ0v) is 12.2. The highest BCUT2D eigenvalue weighted by atomic mass is 35.5. The summed E-state index contributed by atoms with van der Waals surface area (Å²) in [6.45, 7) is 1.92. The van der Waals surface area contributed by atoms with E-state index in [4.69, 9.17) is 11.6 Å². The zero-order chi connectivity index (χ0) is 14.1. The molecule has 0 aliphatic carbocycles. The fourth-order valence-corrected chi connectivity index (χ4v) is 3.01. The topological polar surface area (TPSA) is 45.5 Å². The Morgan fingerprint density at radius 3 is 2.70 bits per heavy atom. The molecule has 20 heavy (non-hydrogen) atoms. The van der Waals surface area contributed by atoms with Gasteiger partial charge in [0.1, 0.15) is 5.75 Å². The van der Waals surface area contributed by atoms with Crippen LogP contribution >= 0.6 is 22.9 Å². The smallest absolute Gasteiger partial charge is 0.210 e. The van der Waals surface area contributed by atoms with Crippen LogP contribution in [-0.4, -0.2) is 15.8 Å². The lowest BCUT2D eigenvalue weighted by atomic mass is 10.1. The number of aliphatic imine (C=N–C) groups is 1. The number of rotatable bonds is 2. The van der Waals surface area contributed by atoms with Gasteiger partial charge in [-0.25, -0.2) is 9.98 Å². The third kappa shape index (κ3) is 2.66. The molecule has 5 heteroatoms. The lowest BCUT2D eigenvalue weighted by Crippen LogP contribution is -1.92. The van der Waals surface area contributed by atoms with E-state index >= 15 is 0 Å². The van der Waals surface area contributed by atoms with Crippen molar-refractivity contribution < 1.29 is 5.11 Å². The van der Waals surface area contributed by atoms with Crippen molar-refractivity contribution in [3.63, 3.8) is 0 Å². The van der Waals surface area contributed by atoms with Gasteiger partial charge in [0, 0.05) is 10.7 Å². The van der Waals surface area contributed by atoms with Crippen LogP contribution in [0.25, 0.3) is 10.2 Å². The number of aromatic hydroxyl groups is 1. The summed E-state index contributed by atoms with van der Waals surface area (Å²) >= 11 is 7.47. The molecule has 0 radical (unpaired) electrons. The second-order valence-electron chi connectivity index (χ2n) is 4.35. The summed E-state index contributed by atoms with van der Waals surface area (Å²) in [5.41, 5.74) is 2.71. The standard InChI is InChI=1S/C15H11ClN2OS/c1-9(10-2-5-12(19)6-3-10)17-15-18-13-7-4-11(16)8-14(13)20-15/h2-8,19H,1H3/b17-9+. The van der Waals surface area contributed by atoms with Crippen LogP contribution in [0.15, 0.2) is 47.5 Å². The minimum Gasteiger partial charge on any atom is -0.508 e. The number of halogens is 1. The first-order chi connectivity index (χ1) is 9.61. The molecule has 3 aromatic rings. The van der Waals surface area contributed by atoms with Crippen molar-refractivity contribution in [1.82, 2.24) is 4.98 Å². The maximum Gasteiger partial charge on any atom is 0.210 e. The van der Waals surface area contributed by atoms with E-state index in [1.165, 1.54) is 11.3 Å². The third-order valence-electron chi connectivity index (χ3n) is 2.89.